The van der Waals surface area contributed by atoms with Gasteiger partial charge in [-0.15, -0.1) is 0 Å². The molecule has 3 heterocycles. The third-order valence-corrected chi connectivity index (χ3v) is 9.88. The van der Waals surface area contributed by atoms with E-state index in [-0.39, 0.29) is 22.6 Å². The molecule has 2 amide bonds. The second-order valence-corrected chi connectivity index (χ2v) is 15.4. The van der Waals surface area contributed by atoms with Gasteiger partial charge in [0.2, 0.25) is 0 Å². The van der Waals surface area contributed by atoms with Gasteiger partial charge in [-0.2, -0.15) is 21.6 Å². The zero-order valence-corrected chi connectivity index (χ0v) is 27.7. The third kappa shape index (κ3) is 7.23. The Bertz CT molecular complexity index is 1980. The lowest BCUT2D eigenvalue weighted by atomic mass is 9.75. The summed E-state index contributed by atoms with van der Waals surface area (Å²) >= 11 is 0. The van der Waals surface area contributed by atoms with Crippen LogP contribution in [0.25, 0.3) is 0 Å². The van der Waals surface area contributed by atoms with Crippen LogP contribution in [0, 0.1) is 0 Å². The first-order valence-electron chi connectivity index (χ1n) is 14.5. The van der Waals surface area contributed by atoms with Crippen LogP contribution in [0.15, 0.2) is 72.0 Å². The number of carbonyl (C=O) groups excluding carboxylic acids is 2. The van der Waals surface area contributed by atoms with E-state index in [0.717, 1.165) is 11.2 Å². The summed E-state index contributed by atoms with van der Waals surface area (Å²) in [5.41, 5.74) is -8.85. The van der Waals surface area contributed by atoms with Crippen LogP contribution in [-0.2, 0) is 40.1 Å². The fraction of sp³-hybridized carbons (Fsp3) is 0.379. The number of amides is 2. The summed E-state index contributed by atoms with van der Waals surface area (Å²) in [6, 6.07) is 12.6. The smallest absolute Gasteiger partial charge is 0.384 e. The van der Waals surface area contributed by atoms with Gasteiger partial charge in [-0.1, -0.05) is 48.5 Å². The van der Waals surface area contributed by atoms with Gasteiger partial charge in [-0.05, 0) is 17.7 Å². The highest BCUT2D eigenvalue weighted by molar-refractivity contribution is 7.91. The Balaban J connectivity index is 1.75. The van der Waals surface area contributed by atoms with Gasteiger partial charge in [0, 0.05) is 18.2 Å². The summed E-state index contributed by atoms with van der Waals surface area (Å²) in [7, 11) is -9.32. The Labute approximate surface area is 283 Å². The van der Waals surface area contributed by atoms with Crippen LogP contribution in [-0.4, -0.2) is 114 Å². The molecule has 16 nitrogen and oxygen atoms in total. The Morgan fingerprint density at radius 2 is 1.68 bits per heavy atom. The zero-order chi connectivity index (χ0) is 36.7. The number of nitrogens with one attached hydrogen (secondary N) is 3. The lowest BCUT2D eigenvalue weighted by Gasteiger charge is -2.44. The number of benzene rings is 2. The van der Waals surface area contributed by atoms with E-state index >= 15 is 0 Å². The number of hydrogen-bond donors (Lipinski definition) is 5. The normalized spacial score (nSPS) is 25.9. The Hall–Kier alpha value is -4.41. The summed E-state index contributed by atoms with van der Waals surface area (Å²) < 4.78 is 103. The van der Waals surface area contributed by atoms with Gasteiger partial charge in [0.05, 0.1) is 18.9 Å². The van der Waals surface area contributed by atoms with Crippen LogP contribution in [0.3, 0.4) is 0 Å². The van der Waals surface area contributed by atoms with Crippen LogP contribution < -0.4 is 10.6 Å². The number of halogens is 3. The maximum atomic E-state index is 13.9. The standard InChI is InChI=1S/C29H31F3N6O10S2/c1-49(43,44)26(41)28(14-47-50(2,45)46)27(42,13-17-9-5-3-6-10-17)20(36-25(40)29(30,31)32)24(48-28)38-16-35-21-19(33-15-34-21)22(38)37-23(39)18-11-7-4-8-12-18/h3-12,15-16,20,22,24,26,41-42H,13-14H2,1-2H3,(H,33,34)(H,36,40)(H,37,39)/t20-,22?,24-,26?,27+,28-/m1/s1. The van der Waals surface area contributed by atoms with Crippen LogP contribution in [0.1, 0.15) is 27.8 Å². The lowest BCUT2D eigenvalue weighted by Crippen LogP contribution is -2.70. The van der Waals surface area contributed by atoms with E-state index < -0.39 is 86.0 Å². The largest absolute Gasteiger partial charge is 0.471 e. The lowest BCUT2D eigenvalue weighted by molar-refractivity contribution is -0.196. The van der Waals surface area contributed by atoms with Gasteiger partial charge in [0.25, 0.3) is 16.0 Å². The Morgan fingerprint density at radius 1 is 1.06 bits per heavy atom. The first-order chi connectivity index (χ1) is 23.3. The van der Waals surface area contributed by atoms with Crippen molar-refractivity contribution in [2.24, 2.45) is 4.99 Å². The van der Waals surface area contributed by atoms with E-state index in [1.165, 1.54) is 42.7 Å². The molecule has 1 fully saturated rings. The highest BCUT2D eigenvalue weighted by Gasteiger charge is 2.72. The molecule has 270 valence electrons. The molecule has 21 heteroatoms. The SMILES string of the molecule is CS(=O)(=O)OC[C@]1(C(O)S(C)(=O)=O)O[C@@H](N2C=Nc3nc[nH]c3C2NC(=O)c2ccccc2)[C@@H](NC(=O)C(F)(F)F)[C@@]1(O)Cc1ccccc1. The van der Waals surface area contributed by atoms with Crippen molar-refractivity contribution in [2.75, 3.05) is 19.1 Å². The number of nitrogens with zero attached hydrogens (tertiary/aromatic N) is 3. The number of aliphatic hydroxyl groups excluding tert-OH is 1. The zero-order valence-electron chi connectivity index (χ0n) is 26.1. The number of ether oxygens (including phenoxy) is 1. The van der Waals surface area contributed by atoms with Crippen LogP contribution >= 0.6 is 0 Å². The van der Waals surface area contributed by atoms with E-state index in [0.29, 0.717) is 12.5 Å². The summed E-state index contributed by atoms with van der Waals surface area (Å²) in [6.07, 6.45) is -6.83. The highest BCUT2D eigenvalue weighted by atomic mass is 32.2. The number of sulfone groups is 1. The van der Waals surface area contributed by atoms with Crippen molar-refractivity contribution in [1.29, 1.82) is 0 Å². The van der Waals surface area contributed by atoms with Crippen molar-refractivity contribution in [3.05, 3.63) is 83.8 Å². The first kappa shape index (κ1) is 36.9. The molecular formula is C29H31F3N6O10S2. The number of aromatic amines is 1. The molecule has 0 saturated carbocycles. The van der Waals surface area contributed by atoms with Gasteiger partial charge in [-0.25, -0.2) is 18.4 Å². The number of aromatic nitrogens is 2. The number of aliphatic hydroxyl groups is 2. The number of imidazole rings is 1. The molecule has 2 aliphatic rings. The molecule has 2 aromatic carbocycles. The molecule has 2 unspecified atom stereocenters. The number of aliphatic imine (C=N–C) groups is 1. The van der Waals surface area contributed by atoms with Crippen molar-refractivity contribution in [1.82, 2.24) is 25.5 Å². The second-order valence-electron chi connectivity index (χ2n) is 11.7. The van der Waals surface area contributed by atoms with Gasteiger partial charge in [0.1, 0.15) is 30.1 Å². The van der Waals surface area contributed by atoms with Crippen molar-refractivity contribution in [3.8, 4) is 0 Å². The second kappa shape index (κ2) is 13.4. The highest BCUT2D eigenvalue weighted by Crippen LogP contribution is 2.49. The number of rotatable bonds is 11. The van der Waals surface area contributed by atoms with E-state index in [1.54, 1.807) is 29.6 Å². The summed E-state index contributed by atoms with van der Waals surface area (Å²) in [4.78, 5) is 37.9. The number of fused-ring (bicyclic) bond motifs is 1. The van der Waals surface area contributed by atoms with Gasteiger partial charge >= 0.3 is 12.1 Å². The molecule has 1 saturated heterocycles. The average Bonchev–Trinajstić information content (AvgIpc) is 3.61. The predicted molar refractivity (Wildman–Crippen MR) is 168 cm³/mol. The minimum Gasteiger partial charge on any atom is -0.384 e. The number of hydrogen-bond acceptors (Lipinski definition) is 13. The van der Waals surface area contributed by atoms with Crippen molar-refractivity contribution in [3.63, 3.8) is 0 Å². The van der Waals surface area contributed by atoms with Gasteiger partial charge < -0.3 is 35.5 Å². The first-order valence-corrected chi connectivity index (χ1v) is 18.3. The van der Waals surface area contributed by atoms with E-state index in [2.05, 4.69) is 20.3 Å². The topological polar surface area (TPSA) is 230 Å². The molecule has 6 atom stereocenters. The predicted octanol–water partition coefficient (Wildman–Crippen LogP) is 0.269. The van der Waals surface area contributed by atoms with E-state index in [9.17, 15) is 49.8 Å². The minimum absolute atomic E-state index is 0.0101. The van der Waals surface area contributed by atoms with Crippen LogP contribution in [0.4, 0.5) is 19.0 Å². The Morgan fingerprint density at radius 3 is 2.26 bits per heavy atom. The molecule has 0 spiro atoms. The molecule has 5 N–H and O–H groups in total. The van der Waals surface area contributed by atoms with E-state index in [4.69, 9.17) is 8.92 Å². The monoisotopic (exact) mass is 744 g/mol. The van der Waals surface area contributed by atoms with Crippen molar-refractivity contribution < 1.29 is 58.7 Å². The Kier molecular flexibility index (Phi) is 9.86. The molecule has 1 aromatic heterocycles. The molecule has 5 rings (SSSR count). The number of alkyl halides is 3. The van der Waals surface area contributed by atoms with Gasteiger partial charge in [-0.3, -0.25) is 13.8 Å². The maximum absolute atomic E-state index is 13.9. The minimum atomic E-state index is -5.57. The summed E-state index contributed by atoms with van der Waals surface area (Å²) in [5.74, 6) is -3.33. The number of carbonyl (C=O) groups is 2. The third-order valence-electron chi connectivity index (χ3n) is 8.15. The maximum Gasteiger partial charge on any atom is 0.471 e. The molecule has 0 radical (unpaired) electrons. The fourth-order valence-corrected chi connectivity index (χ4v) is 7.24. The average molecular weight is 745 g/mol. The molecule has 0 aliphatic carbocycles. The van der Waals surface area contributed by atoms with Crippen LogP contribution in [0.2, 0.25) is 0 Å². The quantitative estimate of drug-likeness (QED) is 0.167. The molecular weight excluding hydrogens is 713 g/mol. The summed E-state index contributed by atoms with van der Waals surface area (Å²) in [5, 5.41) is 28.4. The molecule has 3 aromatic rings. The van der Waals surface area contributed by atoms with Crippen LogP contribution in [0.5, 0.6) is 0 Å². The number of H-pyrrole nitrogens is 1. The van der Waals surface area contributed by atoms with E-state index in [1.807, 2.05) is 0 Å². The van der Waals surface area contributed by atoms with Crippen molar-refractivity contribution >= 4 is 43.9 Å². The summed E-state index contributed by atoms with van der Waals surface area (Å²) in [6.45, 7) is -1.47. The molecule has 50 heavy (non-hydrogen) atoms. The molecule has 2 aliphatic heterocycles. The molecule has 0 bridgehead atoms. The van der Waals surface area contributed by atoms with Crippen molar-refractivity contribution in [2.45, 2.75) is 47.7 Å². The van der Waals surface area contributed by atoms with Gasteiger partial charge in [0.15, 0.2) is 32.9 Å². The fourth-order valence-electron chi connectivity index (χ4n) is 5.84.